The molecule has 1 aliphatic heterocycles. The number of ether oxygens (including phenoxy) is 1. The molecule has 0 spiro atoms. The van der Waals surface area contributed by atoms with Crippen LogP contribution in [0.4, 0.5) is 10.5 Å². The average molecular weight is 353 g/mol. The van der Waals surface area contributed by atoms with Crippen LogP contribution in [-0.2, 0) is 11.4 Å². The van der Waals surface area contributed by atoms with Gasteiger partial charge in [0.2, 0.25) is 5.91 Å². The van der Waals surface area contributed by atoms with Crippen molar-refractivity contribution in [3.8, 4) is 5.75 Å². The highest BCUT2D eigenvalue weighted by atomic mass is 16.5. The lowest BCUT2D eigenvalue weighted by Gasteiger charge is -2.18. The summed E-state index contributed by atoms with van der Waals surface area (Å²) in [7, 11) is 0. The number of nitrogens with one attached hydrogen (secondary N) is 2. The number of carbonyl (C=O) groups is 2. The first kappa shape index (κ1) is 17.8. The molecule has 136 valence electrons. The molecule has 0 saturated carbocycles. The highest BCUT2D eigenvalue weighted by Crippen LogP contribution is 2.20. The van der Waals surface area contributed by atoms with Gasteiger partial charge in [0, 0.05) is 37.8 Å². The Hall–Kier alpha value is -3.02. The minimum absolute atomic E-state index is 0.0267. The standard InChI is InChI=1S/C20H23N3O3/c1-15(24)21-18-10-11-23(13-18)20(25)22-17-8-5-9-19(12-17)26-14-16-6-3-2-4-7-16/h2-9,12,18H,10-11,13-14H2,1H3,(H,21,24)(H,22,25)/t18-/m1/s1. The molecule has 2 N–H and O–H groups in total. The topological polar surface area (TPSA) is 70.7 Å². The van der Waals surface area contributed by atoms with E-state index in [0.717, 1.165) is 12.0 Å². The Morgan fingerprint density at radius 3 is 2.73 bits per heavy atom. The van der Waals surface area contributed by atoms with Crippen LogP contribution in [0.25, 0.3) is 0 Å². The van der Waals surface area contributed by atoms with E-state index in [1.807, 2.05) is 54.6 Å². The maximum Gasteiger partial charge on any atom is 0.321 e. The molecule has 1 atom stereocenters. The Balaban J connectivity index is 1.53. The van der Waals surface area contributed by atoms with Crippen molar-refractivity contribution in [1.82, 2.24) is 10.2 Å². The predicted octanol–water partition coefficient (Wildman–Crippen LogP) is 3.01. The summed E-state index contributed by atoms with van der Waals surface area (Å²) in [6, 6.07) is 17.1. The van der Waals surface area contributed by atoms with Gasteiger partial charge in [-0.25, -0.2) is 4.79 Å². The van der Waals surface area contributed by atoms with Crippen molar-refractivity contribution in [2.45, 2.75) is 26.0 Å². The molecule has 3 amide bonds. The number of likely N-dealkylation sites (tertiary alicyclic amines) is 1. The minimum atomic E-state index is -0.168. The fraction of sp³-hybridized carbons (Fsp3) is 0.300. The average Bonchev–Trinajstić information content (AvgIpc) is 3.09. The Kier molecular flexibility index (Phi) is 5.73. The zero-order valence-corrected chi connectivity index (χ0v) is 14.8. The van der Waals surface area contributed by atoms with Crippen LogP contribution >= 0.6 is 0 Å². The van der Waals surface area contributed by atoms with Gasteiger partial charge in [-0.15, -0.1) is 0 Å². The third kappa shape index (κ3) is 4.99. The second-order valence-corrected chi connectivity index (χ2v) is 6.36. The molecule has 0 aliphatic carbocycles. The highest BCUT2D eigenvalue weighted by molar-refractivity contribution is 5.89. The number of anilines is 1. The molecule has 0 bridgehead atoms. The number of benzene rings is 2. The van der Waals surface area contributed by atoms with Gasteiger partial charge in [0.25, 0.3) is 0 Å². The third-order valence-electron chi connectivity index (χ3n) is 4.22. The SMILES string of the molecule is CC(=O)N[C@@H]1CCN(C(=O)Nc2cccc(OCc3ccccc3)c2)C1. The van der Waals surface area contributed by atoms with E-state index in [1.54, 1.807) is 4.90 Å². The van der Waals surface area contributed by atoms with Crippen molar-refractivity contribution >= 4 is 17.6 Å². The van der Waals surface area contributed by atoms with Crippen LogP contribution in [-0.4, -0.2) is 36.0 Å². The zero-order chi connectivity index (χ0) is 18.4. The fourth-order valence-electron chi connectivity index (χ4n) is 2.96. The van der Waals surface area contributed by atoms with Crippen molar-refractivity contribution in [2.75, 3.05) is 18.4 Å². The fourth-order valence-corrected chi connectivity index (χ4v) is 2.96. The smallest absolute Gasteiger partial charge is 0.321 e. The van der Waals surface area contributed by atoms with E-state index in [4.69, 9.17) is 4.74 Å². The van der Waals surface area contributed by atoms with Crippen LogP contribution in [0.1, 0.15) is 18.9 Å². The minimum Gasteiger partial charge on any atom is -0.489 e. The van der Waals surface area contributed by atoms with Gasteiger partial charge >= 0.3 is 6.03 Å². The van der Waals surface area contributed by atoms with Gasteiger partial charge in [-0.3, -0.25) is 4.79 Å². The second-order valence-electron chi connectivity index (χ2n) is 6.36. The summed E-state index contributed by atoms with van der Waals surface area (Å²) in [5, 5.41) is 5.74. The number of carbonyl (C=O) groups excluding carboxylic acids is 2. The zero-order valence-electron chi connectivity index (χ0n) is 14.8. The molecule has 6 heteroatoms. The van der Waals surface area contributed by atoms with Crippen molar-refractivity contribution in [1.29, 1.82) is 0 Å². The molecular formula is C20H23N3O3. The van der Waals surface area contributed by atoms with E-state index in [1.165, 1.54) is 6.92 Å². The number of nitrogens with zero attached hydrogens (tertiary/aromatic N) is 1. The van der Waals surface area contributed by atoms with Crippen LogP contribution in [0.2, 0.25) is 0 Å². The monoisotopic (exact) mass is 353 g/mol. The van der Waals surface area contributed by atoms with Gasteiger partial charge < -0.3 is 20.3 Å². The maximum absolute atomic E-state index is 12.4. The summed E-state index contributed by atoms with van der Waals surface area (Å²) in [5.41, 5.74) is 1.77. The van der Waals surface area contributed by atoms with E-state index >= 15 is 0 Å². The molecule has 1 fully saturated rings. The van der Waals surface area contributed by atoms with Gasteiger partial charge in [-0.2, -0.15) is 0 Å². The molecule has 2 aromatic rings. The van der Waals surface area contributed by atoms with Crippen LogP contribution in [0.15, 0.2) is 54.6 Å². The summed E-state index contributed by atoms with van der Waals surface area (Å²) in [5.74, 6) is 0.629. The number of urea groups is 1. The number of rotatable bonds is 5. The van der Waals surface area contributed by atoms with Crippen molar-refractivity contribution in [3.63, 3.8) is 0 Å². The first-order valence-corrected chi connectivity index (χ1v) is 8.70. The molecule has 3 rings (SSSR count). The third-order valence-corrected chi connectivity index (χ3v) is 4.22. The molecule has 0 aromatic heterocycles. The van der Waals surface area contributed by atoms with Crippen LogP contribution < -0.4 is 15.4 Å². The summed E-state index contributed by atoms with van der Waals surface area (Å²) in [6.07, 6.45) is 0.771. The number of hydrogen-bond donors (Lipinski definition) is 2. The van der Waals surface area contributed by atoms with Crippen molar-refractivity contribution in [2.24, 2.45) is 0 Å². The molecule has 0 unspecified atom stereocenters. The second kappa shape index (κ2) is 8.38. The molecule has 1 saturated heterocycles. The summed E-state index contributed by atoms with van der Waals surface area (Å²) < 4.78 is 5.79. The molecule has 2 aromatic carbocycles. The molecular weight excluding hydrogens is 330 g/mol. The molecule has 26 heavy (non-hydrogen) atoms. The Labute approximate surface area is 153 Å². The van der Waals surface area contributed by atoms with E-state index in [0.29, 0.717) is 31.1 Å². The molecule has 0 radical (unpaired) electrons. The lowest BCUT2D eigenvalue weighted by atomic mass is 10.2. The largest absolute Gasteiger partial charge is 0.489 e. The lowest BCUT2D eigenvalue weighted by Crippen LogP contribution is -2.38. The van der Waals surface area contributed by atoms with Crippen LogP contribution in [0.5, 0.6) is 5.75 Å². The summed E-state index contributed by atoms with van der Waals surface area (Å²) in [6.45, 7) is 3.11. The van der Waals surface area contributed by atoms with E-state index in [9.17, 15) is 9.59 Å². The van der Waals surface area contributed by atoms with E-state index in [-0.39, 0.29) is 18.0 Å². The predicted molar refractivity (Wildman–Crippen MR) is 100 cm³/mol. The van der Waals surface area contributed by atoms with Gasteiger partial charge in [0.15, 0.2) is 0 Å². The molecule has 1 heterocycles. The highest BCUT2D eigenvalue weighted by Gasteiger charge is 2.26. The molecule has 1 aliphatic rings. The number of hydrogen-bond acceptors (Lipinski definition) is 3. The van der Waals surface area contributed by atoms with Gasteiger partial charge in [0.1, 0.15) is 12.4 Å². The maximum atomic E-state index is 12.4. The summed E-state index contributed by atoms with van der Waals surface area (Å²) >= 11 is 0. The first-order valence-electron chi connectivity index (χ1n) is 8.70. The van der Waals surface area contributed by atoms with Gasteiger partial charge in [0.05, 0.1) is 0 Å². The Morgan fingerprint density at radius 2 is 1.96 bits per heavy atom. The van der Waals surface area contributed by atoms with E-state index in [2.05, 4.69) is 10.6 Å². The van der Waals surface area contributed by atoms with E-state index < -0.39 is 0 Å². The van der Waals surface area contributed by atoms with Crippen molar-refractivity contribution < 1.29 is 14.3 Å². The Bertz CT molecular complexity index is 764. The Morgan fingerprint density at radius 1 is 1.15 bits per heavy atom. The normalized spacial score (nSPS) is 16.2. The quantitative estimate of drug-likeness (QED) is 0.868. The number of amides is 3. The first-order chi connectivity index (χ1) is 12.6. The summed E-state index contributed by atoms with van der Waals surface area (Å²) in [4.78, 5) is 25.2. The van der Waals surface area contributed by atoms with Crippen molar-refractivity contribution in [3.05, 3.63) is 60.2 Å². The lowest BCUT2D eigenvalue weighted by molar-refractivity contribution is -0.119. The molecule has 6 nitrogen and oxygen atoms in total. The van der Waals surface area contributed by atoms with Gasteiger partial charge in [-0.1, -0.05) is 36.4 Å². The van der Waals surface area contributed by atoms with Gasteiger partial charge in [-0.05, 0) is 24.1 Å². The van der Waals surface area contributed by atoms with Crippen LogP contribution in [0, 0.1) is 0 Å². The van der Waals surface area contributed by atoms with Crippen LogP contribution in [0.3, 0.4) is 0 Å².